The summed E-state index contributed by atoms with van der Waals surface area (Å²) in [4.78, 5) is 16.6. The lowest BCUT2D eigenvalue weighted by molar-refractivity contribution is 0.834. The molecule has 7 heteroatoms. The smallest absolute Gasteiger partial charge is 0.205 e. The molecule has 0 saturated carbocycles. The lowest BCUT2D eigenvalue weighted by Crippen LogP contribution is -2.15. The fraction of sp³-hybridized carbons (Fsp3) is 0.286. The van der Waals surface area contributed by atoms with E-state index in [0.29, 0.717) is 17.6 Å². The van der Waals surface area contributed by atoms with Crippen molar-refractivity contribution in [2.45, 2.75) is 39.8 Å². The highest BCUT2D eigenvalue weighted by Gasteiger charge is 2.07. The average Bonchev–Trinajstić information content (AvgIpc) is 3.02. The zero-order valence-electron chi connectivity index (χ0n) is 16.7. The summed E-state index contributed by atoms with van der Waals surface area (Å²) in [6, 6.07) is 13.9. The Morgan fingerprint density at radius 1 is 0.893 bits per heavy atom. The van der Waals surface area contributed by atoms with Crippen LogP contribution in [0.25, 0.3) is 11.0 Å². The second-order valence-corrected chi connectivity index (χ2v) is 7.24. The Balaban J connectivity index is 1.79. The SMILES string of the molecule is CC(C)N=C(N)c1ccc(Nc2nc3ccc(C(N)=NC(C)C)cc3[nH]2)cc1. The molecule has 2 aromatic carbocycles. The molecule has 0 bridgehead atoms. The molecule has 3 aromatic rings. The third-order valence-electron chi connectivity index (χ3n) is 4.02. The largest absolute Gasteiger partial charge is 0.383 e. The first kappa shape index (κ1) is 19.4. The molecule has 146 valence electrons. The first-order valence-electron chi connectivity index (χ1n) is 9.36. The van der Waals surface area contributed by atoms with Crippen LogP contribution in [0, 0.1) is 0 Å². The van der Waals surface area contributed by atoms with Crippen molar-refractivity contribution in [3.8, 4) is 0 Å². The lowest BCUT2D eigenvalue weighted by Gasteiger charge is -2.06. The van der Waals surface area contributed by atoms with Crippen molar-refractivity contribution in [3.05, 3.63) is 53.6 Å². The van der Waals surface area contributed by atoms with E-state index >= 15 is 0 Å². The normalized spacial score (nSPS) is 12.9. The number of amidine groups is 2. The number of nitrogens with zero attached hydrogens (tertiary/aromatic N) is 3. The molecule has 1 aromatic heterocycles. The minimum atomic E-state index is 0.150. The number of anilines is 2. The standard InChI is InChI=1S/C21H27N7/c1-12(2)24-19(22)14-5-8-16(9-6-14)26-21-27-17-10-7-15(11-18(17)28-21)20(23)25-13(3)4/h5-13H,1-4H3,(H2,22,24)(H2,23,25)(H2,26,27,28). The van der Waals surface area contributed by atoms with Crippen LogP contribution in [-0.2, 0) is 0 Å². The molecule has 0 amide bonds. The van der Waals surface area contributed by atoms with Gasteiger partial charge in [-0.25, -0.2) is 4.98 Å². The Bertz CT molecular complexity index is 1010. The van der Waals surface area contributed by atoms with Crippen LogP contribution >= 0.6 is 0 Å². The van der Waals surface area contributed by atoms with Crippen LogP contribution in [-0.4, -0.2) is 33.7 Å². The molecule has 28 heavy (non-hydrogen) atoms. The molecule has 1 heterocycles. The summed E-state index contributed by atoms with van der Waals surface area (Å²) in [5.74, 6) is 1.72. The number of imidazole rings is 1. The van der Waals surface area contributed by atoms with E-state index in [9.17, 15) is 0 Å². The number of H-pyrrole nitrogens is 1. The summed E-state index contributed by atoms with van der Waals surface area (Å²) in [7, 11) is 0. The molecule has 7 nitrogen and oxygen atoms in total. The Morgan fingerprint density at radius 3 is 2.07 bits per heavy atom. The number of nitrogens with one attached hydrogen (secondary N) is 2. The fourth-order valence-corrected chi connectivity index (χ4v) is 2.79. The van der Waals surface area contributed by atoms with Gasteiger partial charge in [-0.15, -0.1) is 0 Å². The molecule has 0 radical (unpaired) electrons. The van der Waals surface area contributed by atoms with Gasteiger partial charge in [0.2, 0.25) is 5.95 Å². The highest BCUT2D eigenvalue weighted by atomic mass is 15.1. The molecular weight excluding hydrogens is 350 g/mol. The van der Waals surface area contributed by atoms with Gasteiger partial charge in [0.1, 0.15) is 11.7 Å². The van der Waals surface area contributed by atoms with Crippen LogP contribution in [0.2, 0.25) is 0 Å². The number of aliphatic imine (C=N–C) groups is 2. The van der Waals surface area contributed by atoms with Gasteiger partial charge in [-0.05, 0) is 70.2 Å². The molecule has 0 aliphatic rings. The number of rotatable bonds is 6. The van der Waals surface area contributed by atoms with E-state index in [1.807, 2.05) is 70.2 Å². The summed E-state index contributed by atoms with van der Waals surface area (Å²) < 4.78 is 0. The van der Waals surface area contributed by atoms with Gasteiger partial charge in [-0.2, -0.15) is 0 Å². The van der Waals surface area contributed by atoms with Gasteiger partial charge in [0.15, 0.2) is 0 Å². The molecule has 0 saturated heterocycles. The molecule has 6 N–H and O–H groups in total. The number of hydrogen-bond donors (Lipinski definition) is 4. The zero-order chi connectivity index (χ0) is 20.3. The van der Waals surface area contributed by atoms with Gasteiger partial charge in [0, 0.05) is 28.9 Å². The molecule has 0 aliphatic carbocycles. The highest BCUT2D eigenvalue weighted by molar-refractivity contribution is 6.00. The summed E-state index contributed by atoms with van der Waals surface area (Å²) in [6.07, 6.45) is 0. The maximum Gasteiger partial charge on any atom is 0.205 e. The second kappa shape index (κ2) is 8.12. The molecule has 0 spiro atoms. The maximum atomic E-state index is 6.07. The molecule has 0 unspecified atom stereocenters. The van der Waals surface area contributed by atoms with Crippen molar-refractivity contribution >= 4 is 34.3 Å². The van der Waals surface area contributed by atoms with E-state index in [2.05, 4.69) is 25.3 Å². The molecular formula is C21H27N7. The number of hydrogen-bond acceptors (Lipinski definition) is 4. The van der Waals surface area contributed by atoms with Crippen LogP contribution in [0.3, 0.4) is 0 Å². The van der Waals surface area contributed by atoms with E-state index in [0.717, 1.165) is 27.8 Å². The van der Waals surface area contributed by atoms with E-state index in [4.69, 9.17) is 11.5 Å². The van der Waals surface area contributed by atoms with Crippen molar-refractivity contribution < 1.29 is 0 Å². The monoisotopic (exact) mass is 377 g/mol. The van der Waals surface area contributed by atoms with Crippen molar-refractivity contribution in [2.75, 3.05) is 5.32 Å². The fourth-order valence-electron chi connectivity index (χ4n) is 2.79. The van der Waals surface area contributed by atoms with Crippen LogP contribution in [0.15, 0.2) is 52.4 Å². The molecule has 0 fully saturated rings. The summed E-state index contributed by atoms with van der Waals surface area (Å²) >= 11 is 0. The molecule has 0 aliphatic heterocycles. The molecule has 3 rings (SSSR count). The number of benzene rings is 2. The summed E-state index contributed by atoms with van der Waals surface area (Å²) in [5.41, 5.74) is 16.5. The van der Waals surface area contributed by atoms with Gasteiger partial charge in [0.05, 0.1) is 11.0 Å². The lowest BCUT2D eigenvalue weighted by atomic mass is 10.2. The Kier molecular flexibility index (Phi) is 5.63. The van der Waals surface area contributed by atoms with Crippen molar-refractivity contribution in [1.29, 1.82) is 0 Å². The van der Waals surface area contributed by atoms with Gasteiger partial charge in [-0.3, -0.25) is 9.98 Å². The summed E-state index contributed by atoms with van der Waals surface area (Å²) in [6.45, 7) is 7.99. The number of fused-ring (bicyclic) bond motifs is 1. The second-order valence-electron chi connectivity index (χ2n) is 7.24. The predicted molar refractivity (Wildman–Crippen MR) is 118 cm³/mol. The van der Waals surface area contributed by atoms with E-state index < -0.39 is 0 Å². The van der Waals surface area contributed by atoms with Crippen molar-refractivity contribution in [1.82, 2.24) is 9.97 Å². The topological polar surface area (TPSA) is 117 Å². The first-order valence-corrected chi connectivity index (χ1v) is 9.36. The third-order valence-corrected chi connectivity index (χ3v) is 4.02. The van der Waals surface area contributed by atoms with Crippen molar-refractivity contribution in [2.24, 2.45) is 21.5 Å². The number of nitrogens with two attached hydrogens (primary N) is 2. The van der Waals surface area contributed by atoms with E-state index in [1.165, 1.54) is 0 Å². The van der Waals surface area contributed by atoms with Gasteiger partial charge >= 0.3 is 0 Å². The Morgan fingerprint density at radius 2 is 1.46 bits per heavy atom. The minimum absolute atomic E-state index is 0.150. The highest BCUT2D eigenvalue weighted by Crippen LogP contribution is 2.20. The van der Waals surface area contributed by atoms with Crippen LogP contribution in [0.5, 0.6) is 0 Å². The van der Waals surface area contributed by atoms with Gasteiger partial charge in [-0.1, -0.05) is 0 Å². The number of aromatic nitrogens is 2. The number of aromatic amines is 1. The van der Waals surface area contributed by atoms with Gasteiger partial charge in [0.25, 0.3) is 0 Å². The van der Waals surface area contributed by atoms with Crippen LogP contribution < -0.4 is 16.8 Å². The zero-order valence-corrected chi connectivity index (χ0v) is 16.7. The first-order chi connectivity index (χ1) is 13.3. The van der Waals surface area contributed by atoms with E-state index in [-0.39, 0.29) is 12.1 Å². The summed E-state index contributed by atoms with van der Waals surface area (Å²) in [5, 5.41) is 3.27. The predicted octanol–water partition coefficient (Wildman–Crippen LogP) is 3.53. The van der Waals surface area contributed by atoms with Crippen molar-refractivity contribution in [3.63, 3.8) is 0 Å². The minimum Gasteiger partial charge on any atom is -0.383 e. The van der Waals surface area contributed by atoms with Gasteiger partial charge < -0.3 is 21.8 Å². The third kappa shape index (κ3) is 4.68. The van der Waals surface area contributed by atoms with Crippen LogP contribution in [0.4, 0.5) is 11.6 Å². The maximum absolute atomic E-state index is 6.07. The van der Waals surface area contributed by atoms with E-state index in [1.54, 1.807) is 0 Å². The Hall–Kier alpha value is -3.35. The quantitative estimate of drug-likeness (QED) is 0.388. The average molecular weight is 377 g/mol. The Labute approximate surface area is 165 Å². The van der Waals surface area contributed by atoms with Crippen LogP contribution in [0.1, 0.15) is 38.8 Å². The molecule has 0 atom stereocenters.